The van der Waals surface area contributed by atoms with Crippen molar-refractivity contribution in [3.8, 4) is 23.1 Å². The SMILES string of the molecule is CC1CCCN1C(=O)COCCCCOc1ccc(-c2ncc(N3C(=S)N(c4ccc(C#N)c(C(F)(F)F)c4F)C(=O)C3(C)C)cc2F)cc1F. The van der Waals surface area contributed by atoms with Crippen molar-refractivity contribution in [3.05, 3.63) is 71.2 Å². The Labute approximate surface area is 295 Å². The Kier molecular flexibility index (Phi) is 10.9. The predicted octanol–water partition coefficient (Wildman–Crippen LogP) is 7.16. The van der Waals surface area contributed by atoms with Crippen molar-refractivity contribution in [2.45, 2.75) is 64.2 Å². The number of carbonyl (C=O) groups excluding carboxylic acids is 2. The lowest BCUT2D eigenvalue weighted by atomic mass is 10.0. The highest BCUT2D eigenvalue weighted by Gasteiger charge is 2.52. The van der Waals surface area contributed by atoms with E-state index in [1.165, 1.54) is 32.0 Å². The summed E-state index contributed by atoms with van der Waals surface area (Å²) in [7, 11) is 0. The summed E-state index contributed by atoms with van der Waals surface area (Å²) < 4.78 is 97.7. The minimum atomic E-state index is -5.25. The zero-order chi connectivity index (χ0) is 37.2. The quantitative estimate of drug-likeness (QED) is 0.116. The molecule has 16 heteroatoms. The highest BCUT2D eigenvalue weighted by Crippen LogP contribution is 2.42. The molecule has 2 aliphatic heterocycles. The molecule has 0 radical (unpaired) electrons. The molecule has 1 unspecified atom stereocenters. The number of amides is 2. The first-order chi connectivity index (χ1) is 24.1. The zero-order valence-corrected chi connectivity index (χ0v) is 28.6. The van der Waals surface area contributed by atoms with Crippen molar-refractivity contribution in [2.75, 3.05) is 36.2 Å². The second kappa shape index (κ2) is 14.8. The van der Waals surface area contributed by atoms with Crippen molar-refractivity contribution >= 4 is 40.5 Å². The first-order valence-corrected chi connectivity index (χ1v) is 16.4. The molecule has 0 saturated carbocycles. The molecule has 1 atom stereocenters. The Bertz CT molecular complexity index is 1900. The van der Waals surface area contributed by atoms with Crippen LogP contribution in [-0.4, -0.2) is 64.8 Å². The average molecular weight is 734 g/mol. The molecular formula is C35H33F6N5O4S. The number of unbranched alkanes of at least 4 members (excludes halogenated alkanes) is 1. The Hall–Kier alpha value is -4.75. The van der Waals surface area contributed by atoms with Crippen LogP contribution in [0.4, 0.5) is 37.7 Å². The predicted molar refractivity (Wildman–Crippen MR) is 178 cm³/mol. The molecule has 2 amide bonds. The number of nitriles is 1. The van der Waals surface area contributed by atoms with Crippen molar-refractivity contribution in [2.24, 2.45) is 0 Å². The summed E-state index contributed by atoms with van der Waals surface area (Å²) in [4.78, 5) is 33.2. The monoisotopic (exact) mass is 733 g/mol. The molecule has 0 aliphatic carbocycles. The van der Waals surface area contributed by atoms with E-state index in [0.717, 1.165) is 54.7 Å². The molecule has 0 bridgehead atoms. The second-order valence-electron chi connectivity index (χ2n) is 12.6. The van der Waals surface area contributed by atoms with Gasteiger partial charge in [0.2, 0.25) is 5.91 Å². The van der Waals surface area contributed by atoms with Gasteiger partial charge < -0.3 is 19.3 Å². The molecule has 270 valence electrons. The maximum atomic E-state index is 15.5. The van der Waals surface area contributed by atoms with Crippen LogP contribution in [-0.2, 0) is 20.5 Å². The van der Waals surface area contributed by atoms with E-state index in [0.29, 0.717) is 24.3 Å². The van der Waals surface area contributed by atoms with E-state index in [4.69, 9.17) is 27.0 Å². The van der Waals surface area contributed by atoms with Crippen molar-refractivity contribution < 1.29 is 45.4 Å². The molecule has 2 fully saturated rings. The summed E-state index contributed by atoms with van der Waals surface area (Å²) in [5.41, 5.74) is -5.56. The van der Waals surface area contributed by atoms with E-state index in [-0.39, 0.29) is 47.9 Å². The lowest BCUT2D eigenvalue weighted by molar-refractivity contribution is -0.140. The number of carbonyl (C=O) groups is 2. The van der Waals surface area contributed by atoms with Crippen LogP contribution in [0.1, 0.15) is 57.6 Å². The van der Waals surface area contributed by atoms with Gasteiger partial charge in [-0.25, -0.2) is 13.2 Å². The van der Waals surface area contributed by atoms with Gasteiger partial charge in [-0.05, 0) is 89.0 Å². The van der Waals surface area contributed by atoms with E-state index >= 15 is 8.78 Å². The van der Waals surface area contributed by atoms with Crippen LogP contribution in [0, 0.1) is 28.8 Å². The van der Waals surface area contributed by atoms with E-state index in [1.807, 2.05) is 11.8 Å². The molecule has 1 aromatic heterocycles. The third kappa shape index (κ3) is 7.50. The van der Waals surface area contributed by atoms with Gasteiger partial charge in [-0.2, -0.15) is 18.4 Å². The van der Waals surface area contributed by atoms with Gasteiger partial charge in [0.05, 0.1) is 35.8 Å². The van der Waals surface area contributed by atoms with E-state index in [9.17, 15) is 27.2 Å². The zero-order valence-electron chi connectivity index (χ0n) is 27.8. The number of anilines is 2. The van der Waals surface area contributed by atoms with Gasteiger partial charge in [0.15, 0.2) is 28.3 Å². The Morgan fingerprint density at radius 3 is 2.45 bits per heavy atom. The maximum Gasteiger partial charge on any atom is 0.420 e. The largest absolute Gasteiger partial charge is 0.491 e. The van der Waals surface area contributed by atoms with E-state index < -0.39 is 57.0 Å². The van der Waals surface area contributed by atoms with Crippen LogP contribution in [0.3, 0.4) is 0 Å². The van der Waals surface area contributed by atoms with Crippen LogP contribution in [0.15, 0.2) is 42.6 Å². The summed E-state index contributed by atoms with van der Waals surface area (Å²) in [5, 5.41) is 8.64. The molecular weight excluding hydrogens is 700 g/mol. The molecule has 3 heterocycles. The fraction of sp³-hybridized carbons (Fsp3) is 0.400. The number of halogens is 6. The molecule has 0 N–H and O–H groups in total. The van der Waals surface area contributed by atoms with Gasteiger partial charge in [0.1, 0.15) is 23.4 Å². The first kappa shape index (κ1) is 37.5. The number of likely N-dealkylation sites (tertiary alicyclic amines) is 1. The molecule has 2 saturated heterocycles. The van der Waals surface area contributed by atoms with Gasteiger partial charge in [-0.1, -0.05) is 0 Å². The van der Waals surface area contributed by atoms with Crippen LogP contribution >= 0.6 is 12.2 Å². The van der Waals surface area contributed by atoms with Crippen molar-refractivity contribution in [1.29, 1.82) is 5.26 Å². The number of benzene rings is 2. The maximum absolute atomic E-state index is 15.5. The summed E-state index contributed by atoms with van der Waals surface area (Å²) in [6, 6.07) is 7.81. The van der Waals surface area contributed by atoms with E-state index in [2.05, 4.69) is 4.98 Å². The minimum Gasteiger partial charge on any atom is -0.491 e. The number of ether oxygens (including phenoxy) is 2. The fourth-order valence-corrected chi connectivity index (χ4v) is 6.63. The number of thiocarbonyl (C=S) groups is 1. The van der Waals surface area contributed by atoms with Crippen LogP contribution in [0.5, 0.6) is 5.75 Å². The summed E-state index contributed by atoms with van der Waals surface area (Å²) in [6.07, 6.45) is -1.01. The number of rotatable bonds is 11. The van der Waals surface area contributed by atoms with Gasteiger partial charge in [0, 0.05) is 30.8 Å². The van der Waals surface area contributed by atoms with Gasteiger partial charge in [-0.15, -0.1) is 0 Å². The Balaban J connectivity index is 1.24. The van der Waals surface area contributed by atoms with Crippen LogP contribution < -0.4 is 14.5 Å². The molecule has 2 aliphatic rings. The highest BCUT2D eigenvalue weighted by atomic mass is 32.1. The van der Waals surface area contributed by atoms with Crippen LogP contribution in [0.2, 0.25) is 0 Å². The Morgan fingerprint density at radius 1 is 1.10 bits per heavy atom. The van der Waals surface area contributed by atoms with Gasteiger partial charge in [-0.3, -0.25) is 19.5 Å². The van der Waals surface area contributed by atoms with Gasteiger partial charge >= 0.3 is 6.18 Å². The summed E-state index contributed by atoms with van der Waals surface area (Å²) in [6.45, 7) is 6.00. The third-order valence-corrected chi connectivity index (χ3v) is 9.13. The van der Waals surface area contributed by atoms with Crippen molar-refractivity contribution in [1.82, 2.24) is 9.88 Å². The second-order valence-corrected chi connectivity index (χ2v) is 13.0. The Morgan fingerprint density at radius 2 is 1.82 bits per heavy atom. The topological polar surface area (TPSA) is 99.0 Å². The molecule has 2 aromatic carbocycles. The normalized spacial score (nSPS) is 17.3. The lowest BCUT2D eigenvalue weighted by Crippen LogP contribution is -2.44. The first-order valence-electron chi connectivity index (χ1n) is 16.0. The molecule has 0 spiro atoms. The summed E-state index contributed by atoms with van der Waals surface area (Å²) >= 11 is 5.39. The summed E-state index contributed by atoms with van der Waals surface area (Å²) in [5.74, 6) is -4.60. The standard InChI is InChI=1S/C35H33F6N5O4S/c1-20-7-6-12-44(20)28(47)19-49-13-4-5-14-50-27-11-9-21(15-24(27)36)31-25(37)16-23(18-43-31)46-33(51)45(32(48)34(46,2)3)26-10-8-22(17-42)29(30(26)38)35(39,40)41/h8-11,15-16,18,20H,4-7,12-14,19H2,1-3H3. The van der Waals surface area contributed by atoms with Crippen LogP contribution in [0.25, 0.3) is 11.3 Å². The average Bonchev–Trinajstić information content (AvgIpc) is 3.57. The van der Waals surface area contributed by atoms with Gasteiger partial charge in [0.25, 0.3) is 5.91 Å². The highest BCUT2D eigenvalue weighted by molar-refractivity contribution is 7.81. The fourth-order valence-electron chi connectivity index (χ4n) is 6.11. The number of hydrogen-bond acceptors (Lipinski definition) is 7. The number of nitrogens with zero attached hydrogens (tertiary/aromatic N) is 5. The molecule has 9 nitrogen and oxygen atoms in total. The molecule has 51 heavy (non-hydrogen) atoms. The van der Waals surface area contributed by atoms with Crippen molar-refractivity contribution in [3.63, 3.8) is 0 Å². The number of hydrogen-bond donors (Lipinski definition) is 0. The molecule has 3 aromatic rings. The number of aromatic nitrogens is 1. The smallest absolute Gasteiger partial charge is 0.420 e. The lowest BCUT2D eigenvalue weighted by Gasteiger charge is -2.29. The molecule has 5 rings (SSSR count). The third-order valence-electron chi connectivity index (χ3n) is 8.76. The van der Waals surface area contributed by atoms with E-state index in [1.54, 1.807) is 0 Å². The number of alkyl halides is 3. The minimum absolute atomic E-state index is 0.0105. The number of pyridine rings is 1.